The van der Waals surface area contributed by atoms with Crippen LogP contribution in [0.4, 0.5) is 0 Å². The maximum absolute atomic E-state index is 4.99. The molecule has 0 aliphatic heterocycles. The second-order valence-corrected chi connectivity index (χ2v) is 2.92. The van der Waals surface area contributed by atoms with Gasteiger partial charge in [0.1, 0.15) is 0 Å². The van der Waals surface area contributed by atoms with Gasteiger partial charge in [0.15, 0.2) is 0 Å². The molecule has 0 heterocycles. The van der Waals surface area contributed by atoms with Crippen LogP contribution in [0.5, 0.6) is 0 Å². The second-order valence-electron chi connectivity index (χ2n) is 2.58. The average molecular weight is 211 g/mol. The first kappa shape index (κ1) is 13.6. The predicted molar refractivity (Wildman–Crippen MR) is 45.5 cm³/mol. The normalized spacial score (nSPS) is 12.3. The van der Waals surface area contributed by atoms with E-state index in [4.69, 9.17) is 12.6 Å². The Morgan fingerprint density at radius 2 is 1.90 bits per heavy atom. The molecule has 0 nitrogen and oxygen atoms in total. The van der Waals surface area contributed by atoms with Gasteiger partial charge in [0.2, 0.25) is 0 Å². The summed E-state index contributed by atoms with van der Waals surface area (Å²) in [4.78, 5) is 0. The number of hydrogen-bond donors (Lipinski definition) is 0. The molecule has 0 bridgehead atoms. The SMILES string of the molecule is CCCCC(CC)C[S-].[Zn]. The summed E-state index contributed by atoms with van der Waals surface area (Å²) in [5.41, 5.74) is 0. The second kappa shape index (κ2) is 9.97. The third kappa shape index (κ3) is 7.08. The van der Waals surface area contributed by atoms with E-state index in [2.05, 4.69) is 13.8 Å². The van der Waals surface area contributed by atoms with Crippen molar-refractivity contribution in [1.29, 1.82) is 0 Å². The minimum atomic E-state index is 0. The van der Waals surface area contributed by atoms with E-state index < -0.39 is 0 Å². The molecule has 0 N–H and O–H groups in total. The molecule has 10 heavy (non-hydrogen) atoms. The van der Waals surface area contributed by atoms with Crippen LogP contribution in [0.2, 0.25) is 0 Å². The molecular weight excluding hydrogens is 194 g/mol. The summed E-state index contributed by atoms with van der Waals surface area (Å²) in [5, 5.41) is 0. The molecular formula is C8H17SZn-. The number of unbranched alkanes of at least 4 members (excludes halogenated alkanes) is 1. The van der Waals surface area contributed by atoms with E-state index in [-0.39, 0.29) is 19.5 Å². The van der Waals surface area contributed by atoms with Crippen LogP contribution in [0.15, 0.2) is 0 Å². The van der Waals surface area contributed by atoms with Crippen molar-refractivity contribution in [3.8, 4) is 0 Å². The van der Waals surface area contributed by atoms with E-state index in [1.807, 2.05) is 0 Å². The Morgan fingerprint density at radius 1 is 1.30 bits per heavy atom. The molecule has 0 radical (unpaired) electrons. The molecule has 0 spiro atoms. The molecule has 0 fully saturated rings. The van der Waals surface area contributed by atoms with Crippen molar-refractivity contribution >= 4 is 12.6 Å². The van der Waals surface area contributed by atoms with Gasteiger partial charge in [-0.1, -0.05) is 45.4 Å². The van der Waals surface area contributed by atoms with Gasteiger partial charge in [-0.25, -0.2) is 0 Å². The van der Waals surface area contributed by atoms with Crippen molar-refractivity contribution in [3.05, 3.63) is 0 Å². The fraction of sp³-hybridized carbons (Fsp3) is 1.00. The molecule has 1 unspecified atom stereocenters. The van der Waals surface area contributed by atoms with E-state index >= 15 is 0 Å². The van der Waals surface area contributed by atoms with Crippen LogP contribution in [0.1, 0.15) is 39.5 Å². The Morgan fingerprint density at radius 3 is 2.20 bits per heavy atom. The number of rotatable bonds is 5. The maximum atomic E-state index is 4.99. The number of hydrogen-bond acceptors (Lipinski definition) is 1. The molecule has 0 aromatic carbocycles. The van der Waals surface area contributed by atoms with Gasteiger partial charge in [-0.3, -0.25) is 0 Å². The van der Waals surface area contributed by atoms with Crippen molar-refractivity contribution in [2.24, 2.45) is 5.92 Å². The monoisotopic (exact) mass is 209 g/mol. The molecule has 0 aliphatic carbocycles. The summed E-state index contributed by atoms with van der Waals surface area (Å²) < 4.78 is 0. The molecule has 2 heteroatoms. The van der Waals surface area contributed by atoms with Gasteiger partial charge in [-0.05, 0) is 0 Å². The molecule has 0 rings (SSSR count). The van der Waals surface area contributed by atoms with Gasteiger partial charge in [-0.2, -0.15) is 5.75 Å². The van der Waals surface area contributed by atoms with E-state index in [0.29, 0.717) is 0 Å². The zero-order chi connectivity index (χ0) is 7.11. The molecule has 0 aromatic heterocycles. The fourth-order valence-electron chi connectivity index (χ4n) is 0.898. The average Bonchev–Trinajstić information content (AvgIpc) is 1.91. The van der Waals surface area contributed by atoms with Crippen molar-refractivity contribution in [2.45, 2.75) is 39.5 Å². The van der Waals surface area contributed by atoms with Gasteiger partial charge in [0, 0.05) is 19.5 Å². The minimum Gasteiger partial charge on any atom is -0.792 e. The first-order valence-electron chi connectivity index (χ1n) is 3.93. The van der Waals surface area contributed by atoms with Crippen LogP contribution in [0.25, 0.3) is 0 Å². The van der Waals surface area contributed by atoms with Crippen LogP contribution in [0, 0.1) is 5.92 Å². The Hall–Kier alpha value is 0.973. The van der Waals surface area contributed by atoms with Crippen molar-refractivity contribution in [3.63, 3.8) is 0 Å². The smallest absolute Gasteiger partial charge is 0 e. The van der Waals surface area contributed by atoms with Gasteiger partial charge in [0.25, 0.3) is 0 Å². The van der Waals surface area contributed by atoms with Gasteiger partial charge in [0.05, 0.1) is 0 Å². The van der Waals surface area contributed by atoms with Crippen LogP contribution >= 0.6 is 0 Å². The fourth-order valence-corrected chi connectivity index (χ4v) is 1.30. The van der Waals surface area contributed by atoms with Crippen LogP contribution in [0.3, 0.4) is 0 Å². The topological polar surface area (TPSA) is 0 Å². The van der Waals surface area contributed by atoms with Gasteiger partial charge < -0.3 is 12.6 Å². The summed E-state index contributed by atoms with van der Waals surface area (Å²) in [6.45, 7) is 4.46. The summed E-state index contributed by atoms with van der Waals surface area (Å²) in [6.07, 6.45) is 5.28. The Bertz CT molecular complexity index is 53.2. The summed E-state index contributed by atoms with van der Waals surface area (Å²) in [5.74, 6) is 1.77. The molecule has 0 aliphatic rings. The minimum absolute atomic E-state index is 0. The maximum Gasteiger partial charge on any atom is 0 e. The zero-order valence-corrected chi connectivity index (χ0v) is 11.0. The van der Waals surface area contributed by atoms with Gasteiger partial charge in [-0.15, -0.1) is 0 Å². The predicted octanol–water partition coefficient (Wildman–Crippen LogP) is 2.75. The molecule has 58 valence electrons. The Balaban J connectivity index is 0. The summed E-state index contributed by atoms with van der Waals surface area (Å²) in [7, 11) is 0. The van der Waals surface area contributed by atoms with E-state index in [1.165, 1.54) is 25.7 Å². The largest absolute Gasteiger partial charge is 0.792 e. The quantitative estimate of drug-likeness (QED) is 0.497. The third-order valence-corrected chi connectivity index (χ3v) is 2.25. The molecule has 1 atom stereocenters. The third-order valence-electron chi connectivity index (χ3n) is 1.78. The first-order valence-corrected chi connectivity index (χ1v) is 4.50. The molecule has 0 saturated carbocycles. The van der Waals surface area contributed by atoms with Crippen molar-refractivity contribution in [2.75, 3.05) is 5.75 Å². The molecule has 0 saturated heterocycles. The summed E-state index contributed by atoms with van der Waals surface area (Å²) >= 11 is 4.99. The Kier molecular flexibility index (Phi) is 13.5. The zero-order valence-electron chi connectivity index (χ0n) is 7.23. The molecule has 0 amide bonds. The van der Waals surface area contributed by atoms with E-state index in [9.17, 15) is 0 Å². The van der Waals surface area contributed by atoms with Crippen molar-refractivity contribution < 1.29 is 19.5 Å². The Labute approximate surface area is 83.3 Å². The van der Waals surface area contributed by atoms with Crippen LogP contribution in [-0.2, 0) is 32.1 Å². The van der Waals surface area contributed by atoms with Crippen molar-refractivity contribution in [1.82, 2.24) is 0 Å². The van der Waals surface area contributed by atoms with Crippen LogP contribution < -0.4 is 0 Å². The van der Waals surface area contributed by atoms with Gasteiger partial charge >= 0.3 is 0 Å². The van der Waals surface area contributed by atoms with E-state index in [1.54, 1.807) is 0 Å². The summed E-state index contributed by atoms with van der Waals surface area (Å²) in [6, 6.07) is 0. The standard InChI is InChI=1S/C8H18S.Zn/c1-3-5-6-8(4-2)7-9;/h8-9H,3-7H2,1-2H3;/p-1. The van der Waals surface area contributed by atoms with E-state index in [0.717, 1.165) is 11.7 Å². The first-order chi connectivity index (χ1) is 4.35. The van der Waals surface area contributed by atoms with Crippen LogP contribution in [-0.4, -0.2) is 5.75 Å². The molecule has 0 aromatic rings.